The van der Waals surface area contributed by atoms with E-state index in [-0.39, 0.29) is 11.0 Å². The van der Waals surface area contributed by atoms with E-state index < -0.39 is 0 Å². The molecule has 30 heavy (non-hydrogen) atoms. The van der Waals surface area contributed by atoms with Gasteiger partial charge in [0.15, 0.2) is 11.7 Å². The number of benzene rings is 1. The lowest BCUT2D eigenvalue weighted by Gasteiger charge is -2.47. The van der Waals surface area contributed by atoms with Crippen LogP contribution in [0.1, 0.15) is 78.0 Å². The van der Waals surface area contributed by atoms with Crippen LogP contribution < -0.4 is 15.0 Å². The van der Waals surface area contributed by atoms with Gasteiger partial charge in [0.25, 0.3) is 0 Å². The minimum Gasteiger partial charge on any atom is -0.192 e. The first-order chi connectivity index (χ1) is 14.0. The van der Waals surface area contributed by atoms with Crippen molar-refractivity contribution in [2.45, 2.75) is 86.1 Å². The maximum absolute atomic E-state index is 4.61. The molecule has 0 N–H and O–H groups in total. The van der Waals surface area contributed by atoms with Crippen molar-refractivity contribution in [3.8, 4) is 11.3 Å². The number of hydrogen-bond acceptors (Lipinski definition) is 0. The summed E-state index contributed by atoms with van der Waals surface area (Å²) >= 11 is 0. The fourth-order valence-corrected chi connectivity index (χ4v) is 5.43. The number of aromatic nitrogens is 1. The Morgan fingerprint density at radius 2 is 1.80 bits per heavy atom. The Kier molecular flexibility index (Phi) is 5.89. The molecule has 0 bridgehead atoms. The van der Waals surface area contributed by atoms with E-state index in [1.165, 1.54) is 38.7 Å². The second-order valence-corrected chi connectivity index (χ2v) is 10.0. The van der Waals surface area contributed by atoms with Gasteiger partial charge in [0, 0.05) is 24.6 Å². The van der Waals surface area contributed by atoms with Crippen LogP contribution in [0.15, 0.2) is 36.0 Å². The summed E-state index contributed by atoms with van der Waals surface area (Å²) in [6.07, 6.45) is 9.00. The number of allylic oxidation sites excluding steroid dienone is 2. The molecule has 1 nitrogen and oxygen atoms in total. The molecule has 0 aliphatic carbocycles. The lowest BCUT2D eigenvalue weighted by atomic mass is 9.59. The molecule has 0 saturated carbocycles. The molecule has 2 atom stereocenters. The van der Waals surface area contributed by atoms with Crippen LogP contribution in [-0.2, 0) is 11.0 Å². The predicted octanol–water partition coefficient (Wildman–Crippen LogP) is 5.86. The topological polar surface area (TPSA) is 3.88 Å². The van der Waals surface area contributed by atoms with Gasteiger partial charge in [0.05, 0.1) is 11.0 Å². The summed E-state index contributed by atoms with van der Waals surface area (Å²) in [7, 11) is 0. The van der Waals surface area contributed by atoms with Crippen LogP contribution in [-0.4, -0.2) is 0 Å². The predicted molar refractivity (Wildman–Crippen MR) is 131 cm³/mol. The molecule has 160 valence electrons. The zero-order valence-corrected chi connectivity index (χ0v) is 20.6. The first-order valence-electron chi connectivity index (χ1n) is 11.6. The number of rotatable bonds is 4. The standard InChI is InChI=1S/C29H40N/c1-11-28(9)26-22(7)17-20(5)18-25(26)27-23(8)24(14-13-21(6)19(3)4)15-16-30(27)29(28,10)12-2/h13-19H,8,11-12H2,1-7,9-10H3/q+1. The van der Waals surface area contributed by atoms with Crippen LogP contribution in [0.3, 0.4) is 0 Å². The largest absolute Gasteiger partial charge is 0.220 e. The van der Waals surface area contributed by atoms with E-state index in [1.807, 2.05) is 0 Å². The third kappa shape index (κ3) is 3.18. The van der Waals surface area contributed by atoms with Crippen molar-refractivity contribution in [3.63, 3.8) is 0 Å². The number of fused-ring (bicyclic) bond motifs is 3. The molecular formula is C29H40N+. The Morgan fingerprint density at radius 3 is 2.37 bits per heavy atom. The number of hydrogen-bond donors (Lipinski definition) is 0. The zero-order chi connectivity index (χ0) is 22.4. The van der Waals surface area contributed by atoms with Crippen molar-refractivity contribution in [1.29, 1.82) is 0 Å². The smallest absolute Gasteiger partial charge is 0.192 e. The lowest BCUT2D eigenvalue weighted by molar-refractivity contribution is -0.765. The highest BCUT2D eigenvalue weighted by Crippen LogP contribution is 2.50. The molecular weight excluding hydrogens is 362 g/mol. The van der Waals surface area contributed by atoms with Gasteiger partial charge in [0.1, 0.15) is 0 Å². The van der Waals surface area contributed by atoms with Crippen LogP contribution in [0.25, 0.3) is 23.9 Å². The Hall–Kier alpha value is -2.15. The van der Waals surface area contributed by atoms with Gasteiger partial charge in [-0.2, -0.15) is 4.57 Å². The minimum atomic E-state index is -0.00123. The molecule has 1 aromatic heterocycles. The summed E-state index contributed by atoms with van der Waals surface area (Å²) in [5.74, 6) is 0.557. The van der Waals surface area contributed by atoms with Gasteiger partial charge in [-0.3, -0.25) is 0 Å². The molecule has 0 amide bonds. The van der Waals surface area contributed by atoms with Gasteiger partial charge in [-0.1, -0.05) is 63.6 Å². The SMILES string of the molecule is C=c1c2[n+](ccc1=CC=C(C)C(C)C)C(C)(CC)C(C)(CC)c1c(C)cc(C)cc1-2. The van der Waals surface area contributed by atoms with Gasteiger partial charge in [0.2, 0.25) is 5.69 Å². The first-order valence-corrected chi connectivity index (χ1v) is 11.6. The third-order valence-electron chi connectivity index (χ3n) is 8.12. The van der Waals surface area contributed by atoms with E-state index in [9.17, 15) is 0 Å². The Labute approximate surface area is 183 Å². The van der Waals surface area contributed by atoms with Gasteiger partial charge < -0.3 is 0 Å². The highest BCUT2D eigenvalue weighted by Gasteiger charge is 2.56. The van der Waals surface area contributed by atoms with Gasteiger partial charge in [-0.05, 0) is 62.4 Å². The highest BCUT2D eigenvalue weighted by molar-refractivity contribution is 5.69. The van der Waals surface area contributed by atoms with E-state index in [0.29, 0.717) is 5.92 Å². The average Bonchev–Trinajstić information content (AvgIpc) is 2.69. The second-order valence-electron chi connectivity index (χ2n) is 10.0. The quantitative estimate of drug-likeness (QED) is 0.564. The van der Waals surface area contributed by atoms with Crippen LogP contribution in [0.4, 0.5) is 0 Å². The van der Waals surface area contributed by atoms with Gasteiger partial charge in [-0.15, -0.1) is 0 Å². The van der Waals surface area contributed by atoms with Crippen LogP contribution in [0.5, 0.6) is 0 Å². The van der Waals surface area contributed by atoms with E-state index in [1.54, 1.807) is 0 Å². The van der Waals surface area contributed by atoms with Crippen molar-refractivity contribution < 1.29 is 4.57 Å². The molecule has 1 aliphatic rings. The average molecular weight is 403 g/mol. The minimum absolute atomic E-state index is 0.00123. The van der Waals surface area contributed by atoms with Crippen molar-refractivity contribution in [2.24, 2.45) is 5.92 Å². The molecule has 2 unspecified atom stereocenters. The highest BCUT2D eigenvalue weighted by atomic mass is 15.1. The second kappa shape index (κ2) is 7.84. The summed E-state index contributed by atoms with van der Waals surface area (Å²) in [5, 5.41) is 2.35. The number of pyridine rings is 1. The van der Waals surface area contributed by atoms with E-state index in [2.05, 4.69) is 110 Å². The van der Waals surface area contributed by atoms with Crippen LogP contribution >= 0.6 is 0 Å². The number of nitrogens with zero attached hydrogens (tertiary/aromatic N) is 1. The maximum Gasteiger partial charge on any atom is 0.220 e. The first kappa shape index (κ1) is 22.5. The summed E-state index contributed by atoms with van der Waals surface area (Å²) in [6, 6.07) is 6.99. The summed E-state index contributed by atoms with van der Waals surface area (Å²) in [5.41, 5.74) is 8.35. The van der Waals surface area contributed by atoms with E-state index in [4.69, 9.17) is 0 Å². The van der Waals surface area contributed by atoms with E-state index >= 15 is 0 Å². The molecule has 1 aromatic carbocycles. The number of aryl methyl sites for hydroxylation is 2. The Bertz CT molecular complexity index is 1120. The third-order valence-corrected chi connectivity index (χ3v) is 8.12. The molecule has 0 radical (unpaired) electrons. The van der Waals surface area contributed by atoms with Gasteiger partial charge >= 0.3 is 0 Å². The monoisotopic (exact) mass is 402 g/mol. The van der Waals surface area contributed by atoms with Gasteiger partial charge in [-0.25, -0.2) is 0 Å². The van der Waals surface area contributed by atoms with Crippen molar-refractivity contribution in [1.82, 2.24) is 0 Å². The fraction of sp³-hybridized carbons (Fsp3) is 0.483. The van der Waals surface area contributed by atoms with Crippen molar-refractivity contribution >= 4 is 12.7 Å². The molecule has 3 rings (SSSR count). The molecule has 2 heterocycles. The van der Waals surface area contributed by atoms with Crippen LogP contribution in [0.2, 0.25) is 0 Å². The molecule has 0 fully saturated rings. The molecule has 0 saturated heterocycles. The van der Waals surface area contributed by atoms with Crippen molar-refractivity contribution in [2.75, 3.05) is 0 Å². The molecule has 2 aromatic rings. The summed E-state index contributed by atoms with van der Waals surface area (Å²) in [6.45, 7) is 25.4. The zero-order valence-electron chi connectivity index (χ0n) is 20.6. The Balaban J connectivity index is 2.47. The van der Waals surface area contributed by atoms with Crippen LogP contribution in [0, 0.1) is 19.8 Å². The molecule has 1 aliphatic heterocycles. The van der Waals surface area contributed by atoms with Crippen molar-refractivity contribution in [3.05, 3.63) is 63.2 Å². The normalized spacial score (nSPS) is 24.2. The maximum atomic E-state index is 4.61. The summed E-state index contributed by atoms with van der Waals surface area (Å²) < 4.78 is 2.54. The summed E-state index contributed by atoms with van der Waals surface area (Å²) in [4.78, 5) is 0. The lowest BCUT2D eigenvalue weighted by Crippen LogP contribution is -2.69. The van der Waals surface area contributed by atoms with E-state index in [0.717, 1.165) is 18.1 Å². The Morgan fingerprint density at radius 1 is 1.13 bits per heavy atom. The molecule has 1 heteroatoms. The fourth-order valence-electron chi connectivity index (χ4n) is 5.43. The molecule has 0 spiro atoms.